The molecule has 0 bridgehead atoms. The highest BCUT2D eigenvalue weighted by Gasteiger charge is 2.20. The van der Waals surface area contributed by atoms with E-state index in [2.05, 4.69) is 18.9 Å². The lowest BCUT2D eigenvalue weighted by atomic mass is 10.1. The van der Waals surface area contributed by atoms with Gasteiger partial charge in [0, 0.05) is 12.1 Å². The van der Waals surface area contributed by atoms with E-state index in [9.17, 15) is 14.4 Å². The lowest BCUT2D eigenvalue weighted by Gasteiger charge is -2.09. The van der Waals surface area contributed by atoms with Gasteiger partial charge in [-0.3, -0.25) is 14.2 Å². The van der Waals surface area contributed by atoms with Gasteiger partial charge in [0.05, 0.1) is 12.1 Å². The van der Waals surface area contributed by atoms with Crippen molar-refractivity contribution in [2.75, 3.05) is 6.61 Å². The number of carbonyl (C=O) groups excluding carboxylic acids is 1. The fraction of sp³-hybridized carbons (Fsp3) is 0.364. The Bertz CT molecular complexity index is 1360. The first-order valence-electron chi connectivity index (χ1n) is 10.3. The fourth-order valence-corrected chi connectivity index (χ4v) is 4.28. The second-order valence-electron chi connectivity index (χ2n) is 7.73. The van der Waals surface area contributed by atoms with E-state index in [1.807, 2.05) is 6.92 Å². The monoisotopic (exact) mass is 440 g/mol. The molecule has 4 aromatic rings. The fourth-order valence-electron chi connectivity index (χ4n) is 3.46. The van der Waals surface area contributed by atoms with E-state index < -0.39 is 5.69 Å². The first-order chi connectivity index (χ1) is 14.9. The topological polar surface area (TPSA) is 87.6 Å². The smallest absolute Gasteiger partial charge is 0.352 e. The maximum atomic E-state index is 13.1. The normalized spacial score (nSPS) is 11.6. The van der Waals surface area contributed by atoms with Crippen LogP contribution in [0.2, 0.25) is 0 Å². The number of ether oxygens (including phenoxy) is 1. The maximum absolute atomic E-state index is 13.1. The van der Waals surface area contributed by atoms with Crippen molar-refractivity contribution in [3.8, 4) is 5.75 Å². The lowest BCUT2D eigenvalue weighted by molar-refractivity contribution is 0.0966. The number of aromatic nitrogens is 4. The molecular formula is C22H24N4O4S. The van der Waals surface area contributed by atoms with Crippen LogP contribution in [0.25, 0.3) is 16.0 Å². The summed E-state index contributed by atoms with van der Waals surface area (Å²) >= 11 is 1.30. The van der Waals surface area contributed by atoms with Gasteiger partial charge in [-0.25, -0.2) is 13.9 Å². The molecule has 1 aromatic carbocycles. The zero-order chi connectivity index (χ0) is 22.1. The summed E-state index contributed by atoms with van der Waals surface area (Å²) in [4.78, 5) is 38.9. The van der Waals surface area contributed by atoms with Gasteiger partial charge in [0.2, 0.25) is 5.78 Å². The van der Waals surface area contributed by atoms with Gasteiger partial charge in [-0.05, 0) is 55.0 Å². The molecule has 9 heteroatoms. The number of hydrogen-bond donors (Lipinski definition) is 0. The van der Waals surface area contributed by atoms with Crippen molar-refractivity contribution in [2.24, 2.45) is 5.92 Å². The molecule has 4 rings (SSSR count). The zero-order valence-corrected chi connectivity index (χ0v) is 18.5. The molecule has 3 heterocycles. The Morgan fingerprint density at radius 3 is 2.58 bits per heavy atom. The summed E-state index contributed by atoms with van der Waals surface area (Å²) in [6, 6.07) is 8.53. The predicted molar refractivity (Wildman–Crippen MR) is 120 cm³/mol. The van der Waals surface area contributed by atoms with Gasteiger partial charge in [-0.15, -0.1) is 16.4 Å². The van der Waals surface area contributed by atoms with Crippen LogP contribution in [-0.4, -0.2) is 31.1 Å². The van der Waals surface area contributed by atoms with Gasteiger partial charge in [-0.1, -0.05) is 13.8 Å². The molecule has 0 aliphatic carbocycles. The first-order valence-corrected chi connectivity index (χ1v) is 11.1. The number of aryl methyl sites for hydroxylation is 1. The molecule has 0 saturated heterocycles. The highest BCUT2D eigenvalue weighted by molar-refractivity contribution is 7.17. The van der Waals surface area contributed by atoms with Crippen LogP contribution < -0.4 is 16.0 Å². The van der Waals surface area contributed by atoms with Crippen LogP contribution in [0.3, 0.4) is 0 Å². The molecule has 0 spiro atoms. The molecule has 0 fully saturated rings. The first kappa shape index (κ1) is 21.0. The van der Waals surface area contributed by atoms with Crippen LogP contribution in [0.15, 0.2) is 45.3 Å². The molecule has 0 radical (unpaired) electrons. The Morgan fingerprint density at radius 1 is 1.16 bits per heavy atom. The largest absolute Gasteiger partial charge is 0.494 e. The summed E-state index contributed by atoms with van der Waals surface area (Å²) in [5.41, 5.74) is 0.393. The summed E-state index contributed by atoms with van der Waals surface area (Å²) in [5.74, 6) is 1.09. The summed E-state index contributed by atoms with van der Waals surface area (Å²) in [7, 11) is 0. The van der Waals surface area contributed by atoms with Crippen molar-refractivity contribution < 1.29 is 9.53 Å². The molecular weight excluding hydrogens is 416 g/mol. The number of thiophene rings is 1. The van der Waals surface area contributed by atoms with Crippen molar-refractivity contribution in [3.63, 3.8) is 0 Å². The quantitative estimate of drug-likeness (QED) is 0.393. The molecule has 0 unspecified atom stereocenters. The minimum Gasteiger partial charge on any atom is -0.494 e. The van der Waals surface area contributed by atoms with Crippen molar-refractivity contribution in [3.05, 3.63) is 62.1 Å². The van der Waals surface area contributed by atoms with Crippen molar-refractivity contribution in [1.29, 1.82) is 0 Å². The third-order valence-electron chi connectivity index (χ3n) is 5.10. The van der Waals surface area contributed by atoms with Gasteiger partial charge in [-0.2, -0.15) is 0 Å². The van der Waals surface area contributed by atoms with Gasteiger partial charge in [0.1, 0.15) is 17.0 Å². The van der Waals surface area contributed by atoms with Gasteiger partial charge < -0.3 is 4.74 Å². The van der Waals surface area contributed by atoms with Gasteiger partial charge in [0.25, 0.3) is 5.56 Å². The molecule has 0 aliphatic rings. The van der Waals surface area contributed by atoms with Crippen LogP contribution in [-0.2, 0) is 13.1 Å². The zero-order valence-electron chi connectivity index (χ0n) is 17.7. The Labute approximate surface area is 182 Å². The number of fused-ring (bicyclic) bond motifs is 3. The van der Waals surface area contributed by atoms with Crippen LogP contribution in [0.1, 0.15) is 37.6 Å². The van der Waals surface area contributed by atoms with E-state index >= 15 is 0 Å². The van der Waals surface area contributed by atoms with E-state index in [1.165, 1.54) is 20.3 Å². The van der Waals surface area contributed by atoms with Crippen LogP contribution in [0.4, 0.5) is 0 Å². The number of nitrogens with zero attached hydrogens (tertiary/aromatic N) is 4. The number of Topliss-reactive ketones (excluding diaryl/α,β-unsaturated/α-hetero) is 1. The molecule has 0 atom stereocenters. The number of hydrogen-bond acceptors (Lipinski definition) is 6. The Hall–Kier alpha value is -3.20. The molecule has 8 nitrogen and oxygen atoms in total. The van der Waals surface area contributed by atoms with Crippen LogP contribution in [0.5, 0.6) is 5.75 Å². The third-order valence-corrected chi connectivity index (χ3v) is 5.99. The van der Waals surface area contributed by atoms with Crippen molar-refractivity contribution in [2.45, 2.75) is 40.3 Å². The molecule has 0 amide bonds. The van der Waals surface area contributed by atoms with Crippen molar-refractivity contribution in [1.82, 2.24) is 18.7 Å². The van der Waals surface area contributed by atoms with E-state index in [1.54, 1.807) is 35.7 Å². The van der Waals surface area contributed by atoms with Crippen LogP contribution in [0, 0.1) is 5.92 Å². The molecule has 0 saturated carbocycles. The highest BCUT2D eigenvalue weighted by Crippen LogP contribution is 2.18. The predicted octanol–water partition coefficient (Wildman–Crippen LogP) is 3.20. The van der Waals surface area contributed by atoms with Crippen LogP contribution >= 0.6 is 11.3 Å². The number of carbonyl (C=O) groups is 1. The standard InChI is InChI=1S/C22H24N4O4S/c1-4-30-16-7-5-15(6-8-16)18(27)13-25-22(29)26-17-10-12-31-19(17)20(28)24(21(26)23-25)11-9-14(2)3/h5-8,10,12,14H,4,9,11,13H2,1-3H3. The van der Waals surface area contributed by atoms with E-state index in [-0.39, 0.29) is 23.7 Å². The number of rotatable bonds is 8. The van der Waals surface area contributed by atoms with Gasteiger partial charge >= 0.3 is 5.69 Å². The van der Waals surface area contributed by atoms with E-state index in [0.717, 1.165) is 11.1 Å². The lowest BCUT2D eigenvalue weighted by Crippen LogP contribution is -2.27. The Morgan fingerprint density at radius 2 is 1.90 bits per heavy atom. The maximum Gasteiger partial charge on any atom is 0.352 e. The summed E-state index contributed by atoms with van der Waals surface area (Å²) < 4.78 is 10.0. The average molecular weight is 441 g/mol. The minimum absolute atomic E-state index is 0.159. The molecule has 0 aliphatic heterocycles. The number of benzene rings is 1. The molecule has 162 valence electrons. The second-order valence-corrected chi connectivity index (χ2v) is 8.65. The minimum atomic E-state index is -0.434. The average Bonchev–Trinajstić information content (AvgIpc) is 3.34. The summed E-state index contributed by atoms with van der Waals surface area (Å²) in [5, 5.41) is 6.17. The Balaban J connectivity index is 1.76. The SMILES string of the molecule is CCOc1ccc(C(=O)Cn2nc3n(CCC(C)C)c(=O)c4sccc4n3c2=O)cc1. The molecule has 3 aromatic heterocycles. The van der Waals surface area contributed by atoms with Gasteiger partial charge in [0.15, 0.2) is 5.78 Å². The Kier molecular flexibility index (Phi) is 5.77. The summed E-state index contributed by atoms with van der Waals surface area (Å²) in [6.07, 6.45) is 0.776. The van der Waals surface area contributed by atoms with E-state index in [4.69, 9.17) is 4.74 Å². The van der Waals surface area contributed by atoms with Crippen molar-refractivity contribution >= 4 is 33.1 Å². The second kappa shape index (κ2) is 8.50. The number of ketones is 1. The molecule has 0 N–H and O–H groups in total. The van der Waals surface area contributed by atoms with E-state index in [0.29, 0.717) is 40.6 Å². The highest BCUT2D eigenvalue weighted by atomic mass is 32.1. The third kappa shape index (κ3) is 3.93. The molecule has 31 heavy (non-hydrogen) atoms. The summed E-state index contributed by atoms with van der Waals surface area (Å²) in [6.45, 7) is 6.83.